The van der Waals surface area contributed by atoms with Gasteiger partial charge < -0.3 is 9.47 Å². The molecule has 25 heavy (non-hydrogen) atoms. The minimum atomic E-state index is -0.134. The van der Waals surface area contributed by atoms with Crippen LogP contribution in [0.3, 0.4) is 0 Å². The first-order valence-corrected chi connectivity index (χ1v) is 8.36. The molecule has 2 unspecified atom stereocenters. The van der Waals surface area contributed by atoms with Gasteiger partial charge in [-0.3, -0.25) is 9.80 Å². The van der Waals surface area contributed by atoms with Gasteiger partial charge in [0.25, 0.3) is 0 Å². The van der Waals surface area contributed by atoms with E-state index in [1.54, 1.807) is 12.4 Å². The number of ether oxygens (including phenoxy) is 2. The molecule has 120 valence electrons. The van der Waals surface area contributed by atoms with E-state index in [9.17, 15) is 0 Å². The van der Waals surface area contributed by atoms with Gasteiger partial charge in [-0.1, -0.05) is 6.07 Å². The number of aromatic nitrogens is 2. The van der Waals surface area contributed by atoms with Crippen molar-refractivity contribution in [3.05, 3.63) is 60.4 Å². The second kappa shape index (κ2) is 3.85. The lowest BCUT2D eigenvalue weighted by molar-refractivity contribution is 0.122. The van der Waals surface area contributed by atoms with Crippen molar-refractivity contribution in [2.75, 3.05) is 9.80 Å². The first kappa shape index (κ1) is 12.1. The van der Waals surface area contributed by atoms with Gasteiger partial charge in [0.05, 0.1) is 11.4 Å². The summed E-state index contributed by atoms with van der Waals surface area (Å²) in [6.45, 7) is 0. The van der Waals surface area contributed by atoms with Crippen LogP contribution in [0.25, 0.3) is 0 Å². The molecule has 1 aromatic carbocycles. The van der Waals surface area contributed by atoms with Crippen LogP contribution < -0.4 is 19.3 Å². The van der Waals surface area contributed by atoms with Crippen LogP contribution in [0.4, 0.5) is 22.7 Å². The molecule has 6 heteroatoms. The molecule has 3 aromatic rings. The van der Waals surface area contributed by atoms with E-state index >= 15 is 0 Å². The molecule has 0 N–H and O–H groups in total. The van der Waals surface area contributed by atoms with Crippen molar-refractivity contribution in [2.45, 2.75) is 18.4 Å². The van der Waals surface area contributed by atoms with Gasteiger partial charge in [0.15, 0.2) is 12.5 Å². The van der Waals surface area contributed by atoms with Crippen molar-refractivity contribution in [1.82, 2.24) is 9.97 Å². The Hall–Kier alpha value is -3.28. The summed E-state index contributed by atoms with van der Waals surface area (Å²) < 4.78 is 12.5. The third-order valence-electron chi connectivity index (χ3n) is 5.52. The van der Waals surface area contributed by atoms with Crippen molar-refractivity contribution in [2.24, 2.45) is 0 Å². The lowest BCUT2D eigenvalue weighted by Crippen LogP contribution is -2.40. The van der Waals surface area contributed by atoms with Gasteiger partial charge in [0.2, 0.25) is 11.8 Å². The Bertz CT molecular complexity index is 989. The van der Waals surface area contributed by atoms with E-state index in [0.717, 1.165) is 11.4 Å². The maximum Gasteiger partial charge on any atom is 0.240 e. The molecule has 0 bridgehead atoms. The largest absolute Gasteiger partial charge is 0.451 e. The molecule has 4 aliphatic heterocycles. The zero-order valence-electron chi connectivity index (χ0n) is 13.0. The second-order valence-corrected chi connectivity index (χ2v) is 6.65. The Morgan fingerprint density at radius 1 is 0.680 bits per heavy atom. The van der Waals surface area contributed by atoms with E-state index in [2.05, 4.69) is 50.1 Å². The zero-order chi connectivity index (χ0) is 16.1. The number of anilines is 4. The van der Waals surface area contributed by atoms with Crippen molar-refractivity contribution in [3.63, 3.8) is 0 Å². The Labute approximate surface area is 143 Å². The molecule has 0 amide bonds. The van der Waals surface area contributed by atoms with E-state index in [4.69, 9.17) is 9.47 Å². The Morgan fingerprint density at radius 3 is 1.76 bits per heavy atom. The van der Waals surface area contributed by atoms with E-state index in [1.807, 2.05) is 12.1 Å². The predicted molar refractivity (Wildman–Crippen MR) is 90.8 cm³/mol. The molecule has 6 heterocycles. The number of hydrogen-bond donors (Lipinski definition) is 0. The summed E-state index contributed by atoms with van der Waals surface area (Å²) >= 11 is 0. The van der Waals surface area contributed by atoms with Crippen LogP contribution in [0.5, 0.6) is 11.8 Å². The third-order valence-corrected chi connectivity index (χ3v) is 5.52. The Balaban J connectivity index is 1.48. The first-order valence-electron chi connectivity index (χ1n) is 8.36. The average molecular weight is 328 g/mol. The fraction of sp³-hybridized carbons (Fsp3) is 0.158. The van der Waals surface area contributed by atoms with E-state index in [0.29, 0.717) is 11.8 Å². The number of fused-ring (bicyclic) bond motifs is 10. The fourth-order valence-electron chi connectivity index (χ4n) is 4.65. The number of benzene rings is 1. The second-order valence-electron chi connectivity index (χ2n) is 6.65. The quantitative estimate of drug-likeness (QED) is 0.631. The number of nitrogens with zero attached hydrogens (tertiary/aromatic N) is 4. The highest BCUT2D eigenvalue weighted by atomic mass is 16.5. The van der Waals surface area contributed by atoms with Crippen LogP contribution in [-0.2, 0) is 0 Å². The SMILES string of the molecule is c1cnc2c(c1)N1c3cccc4c3C(C1O2)C1Oc2ncccc2N41. The van der Waals surface area contributed by atoms with Crippen molar-refractivity contribution < 1.29 is 9.47 Å². The van der Waals surface area contributed by atoms with Gasteiger partial charge in [-0.2, -0.15) is 0 Å². The van der Waals surface area contributed by atoms with Crippen molar-refractivity contribution in [1.29, 1.82) is 0 Å². The van der Waals surface area contributed by atoms with Gasteiger partial charge in [0, 0.05) is 18.0 Å². The summed E-state index contributed by atoms with van der Waals surface area (Å²) in [6.07, 6.45) is 3.27. The van der Waals surface area contributed by atoms with Crippen LogP contribution >= 0.6 is 0 Å². The molecule has 0 radical (unpaired) electrons. The standard InChI is InChI=1S/C19H12N4O2/c1-4-10-14-11(5-1)23-13-7-3-9-21-17(13)25-19(23)15(14)18-22(10)12-6-2-8-20-16(12)24-18/h1-9,15,18-19H. The van der Waals surface area contributed by atoms with E-state index < -0.39 is 0 Å². The van der Waals surface area contributed by atoms with Crippen LogP contribution in [0.1, 0.15) is 11.5 Å². The number of hydrogen-bond acceptors (Lipinski definition) is 6. The summed E-state index contributed by atoms with van der Waals surface area (Å²) in [7, 11) is 0. The van der Waals surface area contributed by atoms with Gasteiger partial charge >= 0.3 is 0 Å². The molecule has 7 rings (SSSR count). The molecule has 0 aliphatic carbocycles. The lowest BCUT2D eigenvalue weighted by Gasteiger charge is -2.27. The highest BCUT2D eigenvalue weighted by molar-refractivity contribution is 5.89. The fourth-order valence-corrected chi connectivity index (χ4v) is 4.65. The third kappa shape index (κ3) is 1.23. The van der Waals surface area contributed by atoms with Gasteiger partial charge in [-0.25, -0.2) is 9.97 Å². The van der Waals surface area contributed by atoms with E-state index in [-0.39, 0.29) is 18.4 Å². The molecule has 2 atom stereocenters. The highest BCUT2D eigenvalue weighted by Crippen LogP contribution is 2.63. The number of pyridine rings is 2. The average Bonchev–Trinajstić information content (AvgIpc) is 3.35. The topological polar surface area (TPSA) is 50.7 Å². The predicted octanol–water partition coefficient (Wildman–Crippen LogP) is 3.30. The minimum absolute atomic E-state index is 0.0922. The van der Waals surface area contributed by atoms with Gasteiger partial charge in [-0.05, 0) is 36.4 Å². The summed E-state index contributed by atoms with van der Waals surface area (Å²) in [5.41, 5.74) is 5.71. The minimum Gasteiger partial charge on any atom is -0.451 e. The van der Waals surface area contributed by atoms with Crippen LogP contribution in [0.2, 0.25) is 0 Å². The van der Waals surface area contributed by atoms with Crippen LogP contribution in [-0.4, -0.2) is 22.4 Å². The molecule has 2 aromatic heterocycles. The Kier molecular flexibility index (Phi) is 1.87. The van der Waals surface area contributed by atoms with Crippen LogP contribution in [0.15, 0.2) is 54.9 Å². The smallest absolute Gasteiger partial charge is 0.240 e. The Morgan fingerprint density at radius 2 is 1.20 bits per heavy atom. The zero-order valence-corrected chi connectivity index (χ0v) is 13.0. The van der Waals surface area contributed by atoms with Gasteiger partial charge in [-0.15, -0.1) is 0 Å². The molecule has 0 fully saturated rings. The monoisotopic (exact) mass is 328 g/mol. The molecular formula is C19H12N4O2. The summed E-state index contributed by atoms with van der Waals surface area (Å²) in [5, 5.41) is 0. The molecular weight excluding hydrogens is 316 g/mol. The highest BCUT2D eigenvalue weighted by Gasteiger charge is 2.59. The molecule has 0 spiro atoms. The first-order chi connectivity index (χ1) is 12.4. The molecule has 6 nitrogen and oxygen atoms in total. The number of rotatable bonds is 0. The van der Waals surface area contributed by atoms with Crippen molar-refractivity contribution >= 4 is 22.7 Å². The molecule has 4 aliphatic rings. The van der Waals surface area contributed by atoms with Gasteiger partial charge in [0.1, 0.15) is 17.3 Å². The molecule has 0 saturated carbocycles. The molecule has 0 saturated heterocycles. The summed E-state index contributed by atoms with van der Waals surface area (Å²) in [6, 6.07) is 14.4. The lowest BCUT2D eigenvalue weighted by atomic mass is 10.0. The maximum atomic E-state index is 6.24. The normalized spacial score (nSPS) is 25.7. The summed E-state index contributed by atoms with van der Waals surface area (Å²) in [4.78, 5) is 13.3. The van der Waals surface area contributed by atoms with E-state index in [1.165, 1.54) is 16.9 Å². The summed E-state index contributed by atoms with van der Waals surface area (Å²) in [5.74, 6) is 1.47. The van der Waals surface area contributed by atoms with Crippen LogP contribution in [0, 0.1) is 0 Å². The maximum absolute atomic E-state index is 6.24. The van der Waals surface area contributed by atoms with Crippen molar-refractivity contribution in [3.8, 4) is 11.8 Å².